The molecule has 4 nitrogen and oxygen atoms in total. The molecule has 1 aromatic carbocycles. The topological polar surface area (TPSA) is 42.7 Å². The molecule has 1 atom stereocenters. The van der Waals surface area contributed by atoms with E-state index < -0.39 is 0 Å². The molecule has 0 radical (unpaired) electrons. The fourth-order valence-electron chi connectivity index (χ4n) is 2.45. The molecule has 0 spiro atoms. The number of hydrogen-bond donors (Lipinski definition) is 1. The standard InChI is InChI=1S/C15H18N4S2/c1-9(12-8-19(3)18-10(12)2)16-11-5-6-13-14(7-11)21-15(17-13)20-4/h5-9,16H,1-4H3. The Morgan fingerprint density at radius 2 is 2.19 bits per heavy atom. The number of rotatable bonds is 4. The molecule has 0 saturated carbocycles. The zero-order valence-corrected chi connectivity index (χ0v) is 14.2. The smallest absolute Gasteiger partial charge is 0.150 e. The van der Waals surface area contributed by atoms with Gasteiger partial charge < -0.3 is 5.32 Å². The predicted octanol–water partition coefficient (Wildman–Crippen LogP) is 4.23. The Hall–Kier alpha value is -1.53. The molecule has 0 saturated heterocycles. The highest BCUT2D eigenvalue weighted by Gasteiger charge is 2.12. The minimum atomic E-state index is 0.226. The van der Waals surface area contributed by atoms with Gasteiger partial charge in [-0.1, -0.05) is 11.8 Å². The molecule has 0 aliphatic carbocycles. The summed E-state index contributed by atoms with van der Waals surface area (Å²) in [7, 11) is 1.95. The maximum atomic E-state index is 4.57. The first kappa shape index (κ1) is 14.4. The summed E-state index contributed by atoms with van der Waals surface area (Å²) in [6.07, 6.45) is 4.13. The van der Waals surface area contributed by atoms with Crippen molar-refractivity contribution in [1.29, 1.82) is 0 Å². The van der Waals surface area contributed by atoms with Crippen molar-refractivity contribution in [3.8, 4) is 0 Å². The van der Waals surface area contributed by atoms with Gasteiger partial charge in [0, 0.05) is 24.5 Å². The first-order valence-electron chi connectivity index (χ1n) is 6.78. The van der Waals surface area contributed by atoms with Crippen molar-refractivity contribution in [1.82, 2.24) is 14.8 Å². The number of fused-ring (bicyclic) bond motifs is 1. The Labute approximate surface area is 132 Å². The lowest BCUT2D eigenvalue weighted by molar-refractivity contribution is 0.756. The van der Waals surface area contributed by atoms with Gasteiger partial charge in [0.2, 0.25) is 0 Å². The number of aryl methyl sites for hydroxylation is 2. The van der Waals surface area contributed by atoms with E-state index in [9.17, 15) is 0 Å². The van der Waals surface area contributed by atoms with Crippen LogP contribution in [0.2, 0.25) is 0 Å². The van der Waals surface area contributed by atoms with E-state index in [1.54, 1.807) is 23.1 Å². The summed E-state index contributed by atoms with van der Waals surface area (Å²) in [6, 6.07) is 6.57. The van der Waals surface area contributed by atoms with Crippen molar-refractivity contribution in [2.75, 3.05) is 11.6 Å². The monoisotopic (exact) mass is 318 g/mol. The summed E-state index contributed by atoms with van der Waals surface area (Å²) >= 11 is 3.43. The average Bonchev–Trinajstić information content (AvgIpc) is 3.00. The molecule has 0 fully saturated rings. The Morgan fingerprint density at radius 3 is 2.86 bits per heavy atom. The molecule has 3 aromatic rings. The van der Waals surface area contributed by atoms with Crippen molar-refractivity contribution in [3.05, 3.63) is 35.7 Å². The Kier molecular flexibility index (Phi) is 3.91. The number of hydrogen-bond acceptors (Lipinski definition) is 5. The van der Waals surface area contributed by atoms with Gasteiger partial charge in [-0.15, -0.1) is 11.3 Å². The molecule has 110 valence electrons. The quantitative estimate of drug-likeness (QED) is 0.731. The van der Waals surface area contributed by atoms with Crippen molar-refractivity contribution in [2.45, 2.75) is 24.2 Å². The van der Waals surface area contributed by atoms with Crippen LogP contribution in [0.3, 0.4) is 0 Å². The second kappa shape index (κ2) is 5.69. The van der Waals surface area contributed by atoms with E-state index in [0.29, 0.717) is 0 Å². The number of benzene rings is 1. The predicted molar refractivity (Wildman–Crippen MR) is 91.4 cm³/mol. The number of aromatic nitrogens is 3. The summed E-state index contributed by atoms with van der Waals surface area (Å²) in [5.41, 5.74) is 4.49. The van der Waals surface area contributed by atoms with Crippen LogP contribution in [0.25, 0.3) is 10.2 Å². The number of anilines is 1. The van der Waals surface area contributed by atoms with Crippen molar-refractivity contribution in [2.24, 2.45) is 7.05 Å². The molecule has 2 aromatic heterocycles. The summed E-state index contributed by atoms with van der Waals surface area (Å²) in [4.78, 5) is 4.57. The Balaban J connectivity index is 1.85. The fraction of sp³-hybridized carbons (Fsp3) is 0.333. The minimum absolute atomic E-state index is 0.226. The molecular weight excluding hydrogens is 300 g/mol. The summed E-state index contributed by atoms with van der Waals surface area (Å²) in [5, 5.41) is 7.95. The maximum Gasteiger partial charge on any atom is 0.150 e. The van der Waals surface area contributed by atoms with E-state index in [2.05, 4.69) is 53.0 Å². The molecule has 6 heteroatoms. The highest BCUT2D eigenvalue weighted by atomic mass is 32.2. The first-order valence-corrected chi connectivity index (χ1v) is 8.82. The average molecular weight is 318 g/mol. The van der Waals surface area contributed by atoms with E-state index in [0.717, 1.165) is 21.2 Å². The molecule has 0 aliphatic heterocycles. The second-order valence-corrected chi connectivity index (χ2v) is 7.16. The van der Waals surface area contributed by atoms with Crippen LogP contribution in [-0.2, 0) is 7.05 Å². The van der Waals surface area contributed by atoms with E-state index in [1.807, 2.05) is 18.7 Å². The summed E-state index contributed by atoms with van der Waals surface area (Å²) < 4.78 is 4.19. The van der Waals surface area contributed by atoms with Crippen LogP contribution in [0, 0.1) is 6.92 Å². The normalized spacial score (nSPS) is 12.8. The third-order valence-corrected chi connectivity index (χ3v) is 5.45. The molecular formula is C15H18N4S2. The highest BCUT2D eigenvalue weighted by molar-refractivity contribution is 8.00. The van der Waals surface area contributed by atoms with Gasteiger partial charge in [-0.25, -0.2) is 4.98 Å². The van der Waals surface area contributed by atoms with Gasteiger partial charge in [0.1, 0.15) is 0 Å². The lowest BCUT2D eigenvalue weighted by Crippen LogP contribution is -2.06. The number of nitrogens with one attached hydrogen (secondary N) is 1. The SMILES string of the molecule is CSc1nc2ccc(NC(C)c3cn(C)nc3C)cc2s1. The van der Waals surface area contributed by atoms with Crippen LogP contribution < -0.4 is 5.32 Å². The van der Waals surface area contributed by atoms with E-state index in [1.165, 1.54) is 10.3 Å². The lowest BCUT2D eigenvalue weighted by Gasteiger charge is -2.14. The van der Waals surface area contributed by atoms with Gasteiger partial charge in [0.15, 0.2) is 4.34 Å². The van der Waals surface area contributed by atoms with Gasteiger partial charge >= 0.3 is 0 Å². The van der Waals surface area contributed by atoms with Crippen LogP contribution in [-0.4, -0.2) is 21.0 Å². The van der Waals surface area contributed by atoms with Gasteiger partial charge in [-0.3, -0.25) is 4.68 Å². The molecule has 0 aliphatic rings. The molecule has 3 rings (SSSR count). The maximum absolute atomic E-state index is 4.57. The van der Waals surface area contributed by atoms with Gasteiger partial charge in [-0.05, 0) is 38.3 Å². The fourth-order valence-corrected chi connectivity index (χ4v) is 3.98. The first-order chi connectivity index (χ1) is 10.1. The Bertz CT molecular complexity index is 775. The second-order valence-electron chi connectivity index (χ2n) is 5.08. The zero-order valence-electron chi connectivity index (χ0n) is 12.5. The van der Waals surface area contributed by atoms with Crippen LogP contribution in [0.5, 0.6) is 0 Å². The van der Waals surface area contributed by atoms with Crippen molar-refractivity contribution >= 4 is 39.0 Å². The number of thioether (sulfide) groups is 1. The summed E-state index contributed by atoms with van der Waals surface area (Å²) in [6.45, 7) is 4.21. The van der Waals surface area contributed by atoms with Crippen LogP contribution in [0.1, 0.15) is 24.2 Å². The minimum Gasteiger partial charge on any atom is -0.378 e. The molecule has 0 amide bonds. The van der Waals surface area contributed by atoms with Crippen LogP contribution in [0.15, 0.2) is 28.7 Å². The molecule has 1 N–H and O–H groups in total. The third-order valence-electron chi connectivity index (χ3n) is 3.44. The van der Waals surface area contributed by atoms with Crippen LogP contribution in [0.4, 0.5) is 5.69 Å². The largest absolute Gasteiger partial charge is 0.378 e. The molecule has 21 heavy (non-hydrogen) atoms. The van der Waals surface area contributed by atoms with E-state index >= 15 is 0 Å². The lowest BCUT2D eigenvalue weighted by atomic mass is 10.1. The number of thiazole rings is 1. The van der Waals surface area contributed by atoms with E-state index in [-0.39, 0.29) is 6.04 Å². The van der Waals surface area contributed by atoms with E-state index in [4.69, 9.17) is 0 Å². The van der Waals surface area contributed by atoms with Gasteiger partial charge in [0.25, 0.3) is 0 Å². The third kappa shape index (κ3) is 2.91. The van der Waals surface area contributed by atoms with Crippen molar-refractivity contribution in [3.63, 3.8) is 0 Å². The zero-order chi connectivity index (χ0) is 15.0. The number of nitrogens with zero attached hydrogens (tertiary/aromatic N) is 3. The Morgan fingerprint density at radius 1 is 1.38 bits per heavy atom. The summed E-state index contributed by atoms with van der Waals surface area (Å²) in [5.74, 6) is 0. The van der Waals surface area contributed by atoms with Gasteiger partial charge in [-0.2, -0.15) is 5.10 Å². The highest BCUT2D eigenvalue weighted by Crippen LogP contribution is 2.31. The van der Waals surface area contributed by atoms with Crippen molar-refractivity contribution < 1.29 is 0 Å². The van der Waals surface area contributed by atoms with Gasteiger partial charge in [0.05, 0.1) is 22.0 Å². The molecule has 1 unspecified atom stereocenters. The molecule has 2 heterocycles. The van der Waals surface area contributed by atoms with Crippen LogP contribution >= 0.6 is 23.1 Å². The molecule has 0 bridgehead atoms.